The molecule has 1 aliphatic heterocycles. The molecule has 2 unspecified atom stereocenters. The molecule has 31 heavy (non-hydrogen) atoms. The van der Waals surface area contributed by atoms with Gasteiger partial charge in [-0.15, -0.1) is 0 Å². The summed E-state index contributed by atoms with van der Waals surface area (Å²) < 4.78 is 30.3. The average molecular weight is 531 g/mol. The van der Waals surface area contributed by atoms with Gasteiger partial charge in [0.2, 0.25) is 0 Å². The Balaban J connectivity index is 1.73. The molecule has 0 fully saturated rings. The zero-order chi connectivity index (χ0) is 21.7. The number of benzene rings is 1. The van der Waals surface area contributed by atoms with E-state index in [2.05, 4.69) is 43.0 Å². The van der Waals surface area contributed by atoms with Crippen molar-refractivity contribution in [1.82, 2.24) is 19.7 Å². The third-order valence-corrected chi connectivity index (χ3v) is 6.02. The van der Waals surface area contributed by atoms with Crippen LogP contribution in [0.15, 0.2) is 47.7 Å². The highest BCUT2D eigenvalue weighted by Gasteiger charge is 2.28. The molecule has 0 bridgehead atoms. The van der Waals surface area contributed by atoms with Gasteiger partial charge in [-0.05, 0) is 59.8 Å². The number of aromatic nitrogens is 4. The van der Waals surface area contributed by atoms with Gasteiger partial charge >= 0.3 is 0 Å². The standard InChI is InChI=1S/C21H16F2IN7/c1-10(31-21-17(19(24)30-31)20(25)27-9-28-21)18-15(12-5-14(23)8-26-7-12)6-11-4-13(22)2-3-16(11)29-18/h2-10,20H,25H2,1H3,(H,27,28). The fraction of sp³-hybridized carbons (Fsp3) is 0.143. The number of pyridine rings is 2. The van der Waals surface area contributed by atoms with E-state index in [1.54, 1.807) is 29.3 Å². The van der Waals surface area contributed by atoms with Gasteiger partial charge in [0.25, 0.3) is 0 Å². The van der Waals surface area contributed by atoms with Crippen molar-refractivity contribution in [2.24, 2.45) is 10.7 Å². The Kier molecular flexibility index (Phi) is 4.89. The summed E-state index contributed by atoms with van der Waals surface area (Å²) in [5.74, 6) is -0.111. The molecule has 1 aliphatic rings. The summed E-state index contributed by atoms with van der Waals surface area (Å²) in [6.45, 7) is 1.94. The first-order valence-corrected chi connectivity index (χ1v) is 10.5. The average Bonchev–Trinajstić information content (AvgIpc) is 3.10. The van der Waals surface area contributed by atoms with Gasteiger partial charge in [0.1, 0.15) is 27.3 Å². The fourth-order valence-electron chi connectivity index (χ4n) is 3.75. The van der Waals surface area contributed by atoms with Crippen LogP contribution in [0.2, 0.25) is 0 Å². The summed E-state index contributed by atoms with van der Waals surface area (Å²) in [7, 11) is 0. The van der Waals surface area contributed by atoms with Gasteiger partial charge in [-0.2, -0.15) is 5.10 Å². The second kappa shape index (κ2) is 7.61. The lowest BCUT2D eigenvalue weighted by Gasteiger charge is -2.21. The van der Waals surface area contributed by atoms with E-state index in [0.29, 0.717) is 27.7 Å². The van der Waals surface area contributed by atoms with Crippen molar-refractivity contribution in [3.05, 3.63) is 69.3 Å². The van der Waals surface area contributed by atoms with E-state index in [0.717, 1.165) is 21.3 Å². The predicted molar refractivity (Wildman–Crippen MR) is 123 cm³/mol. The van der Waals surface area contributed by atoms with Crippen LogP contribution >= 0.6 is 22.6 Å². The number of fused-ring (bicyclic) bond motifs is 2. The first-order valence-electron chi connectivity index (χ1n) is 9.45. The van der Waals surface area contributed by atoms with Crippen molar-refractivity contribution in [2.75, 3.05) is 5.32 Å². The summed E-state index contributed by atoms with van der Waals surface area (Å²) in [6, 6.07) is 7.23. The van der Waals surface area contributed by atoms with Crippen LogP contribution in [0, 0.1) is 15.3 Å². The van der Waals surface area contributed by atoms with Crippen LogP contribution in [0.25, 0.3) is 22.0 Å². The predicted octanol–water partition coefficient (Wildman–Crippen LogP) is 4.40. The summed E-state index contributed by atoms with van der Waals surface area (Å²) in [5.41, 5.74) is 9.38. The van der Waals surface area contributed by atoms with Gasteiger partial charge < -0.3 is 11.1 Å². The van der Waals surface area contributed by atoms with E-state index >= 15 is 0 Å². The first kappa shape index (κ1) is 19.9. The van der Waals surface area contributed by atoms with Gasteiger partial charge in [-0.1, -0.05) is 0 Å². The second-order valence-electron chi connectivity index (χ2n) is 7.19. The van der Waals surface area contributed by atoms with Crippen molar-refractivity contribution >= 4 is 45.7 Å². The molecule has 5 rings (SSSR count). The quantitative estimate of drug-likeness (QED) is 0.383. The zero-order valence-corrected chi connectivity index (χ0v) is 18.4. The molecule has 0 aliphatic carbocycles. The SMILES string of the molecule is CC(c1nc2ccc(F)cc2cc1-c1cncc(F)c1)n1nc(I)c2c1NC=NC2N. The maximum Gasteiger partial charge on any atom is 0.142 e. The van der Waals surface area contributed by atoms with Gasteiger partial charge in [0.15, 0.2) is 0 Å². The maximum atomic E-state index is 14.0. The molecule has 156 valence electrons. The molecular formula is C21H16F2IN7. The van der Waals surface area contributed by atoms with Crippen molar-refractivity contribution in [1.29, 1.82) is 0 Å². The summed E-state index contributed by atoms with van der Waals surface area (Å²) >= 11 is 2.13. The van der Waals surface area contributed by atoms with Crippen LogP contribution < -0.4 is 11.1 Å². The van der Waals surface area contributed by atoms with Crippen LogP contribution in [-0.2, 0) is 0 Å². The number of nitrogens with one attached hydrogen (secondary N) is 1. The molecule has 0 saturated heterocycles. The van der Waals surface area contributed by atoms with Crippen LogP contribution in [0.1, 0.15) is 30.4 Å². The van der Waals surface area contributed by atoms with E-state index in [4.69, 9.17) is 10.7 Å². The minimum Gasteiger partial charge on any atom is -0.331 e. The molecule has 3 N–H and O–H groups in total. The first-order chi connectivity index (χ1) is 14.9. The number of hydrogen-bond acceptors (Lipinski definition) is 6. The van der Waals surface area contributed by atoms with E-state index in [1.807, 2.05) is 6.92 Å². The van der Waals surface area contributed by atoms with E-state index in [-0.39, 0.29) is 11.9 Å². The smallest absolute Gasteiger partial charge is 0.142 e. The highest BCUT2D eigenvalue weighted by atomic mass is 127. The molecule has 1 aromatic carbocycles. The normalized spacial score (nSPS) is 16.2. The topological polar surface area (TPSA) is 94.0 Å². The van der Waals surface area contributed by atoms with Crippen LogP contribution in [0.5, 0.6) is 0 Å². The monoisotopic (exact) mass is 531 g/mol. The molecule has 2 atom stereocenters. The summed E-state index contributed by atoms with van der Waals surface area (Å²) in [4.78, 5) is 13.0. The summed E-state index contributed by atoms with van der Waals surface area (Å²) in [6.07, 6.45) is 3.73. The second-order valence-corrected chi connectivity index (χ2v) is 8.21. The van der Waals surface area contributed by atoms with Crippen LogP contribution in [-0.4, -0.2) is 26.1 Å². The third-order valence-electron chi connectivity index (χ3n) is 5.22. The minimum atomic E-state index is -0.511. The molecule has 0 saturated carbocycles. The minimum absolute atomic E-state index is 0.351. The molecular weight excluding hydrogens is 515 g/mol. The summed E-state index contributed by atoms with van der Waals surface area (Å²) in [5, 5.41) is 8.39. The fourth-order valence-corrected chi connectivity index (χ4v) is 4.55. The van der Waals surface area contributed by atoms with Gasteiger partial charge in [0.05, 0.1) is 35.4 Å². The number of hydrogen-bond donors (Lipinski definition) is 2. The number of nitrogens with two attached hydrogens (primary N) is 1. The van der Waals surface area contributed by atoms with Gasteiger partial charge in [-0.25, -0.2) is 18.4 Å². The molecule has 0 amide bonds. The van der Waals surface area contributed by atoms with Gasteiger partial charge in [-0.3, -0.25) is 9.98 Å². The van der Waals surface area contributed by atoms with Crippen molar-refractivity contribution in [2.45, 2.75) is 19.1 Å². The highest BCUT2D eigenvalue weighted by molar-refractivity contribution is 14.1. The Morgan fingerprint density at radius 2 is 2.00 bits per heavy atom. The zero-order valence-electron chi connectivity index (χ0n) is 16.2. The van der Waals surface area contributed by atoms with Crippen LogP contribution in [0.3, 0.4) is 0 Å². The molecule has 3 aromatic heterocycles. The largest absolute Gasteiger partial charge is 0.331 e. The van der Waals surface area contributed by atoms with E-state index in [1.165, 1.54) is 18.2 Å². The number of rotatable bonds is 3. The van der Waals surface area contributed by atoms with Crippen molar-refractivity contribution < 1.29 is 8.78 Å². The van der Waals surface area contributed by atoms with Crippen molar-refractivity contribution in [3.63, 3.8) is 0 Å². The van der Waals surface area contributed by atoms with Gasteiger partial charge in [0, 0.05) is 22.7 Å². The Labute approximate surface area is 189 Å². The molecule has 4 heterocycles. The van der Waals surface area contributed by atoms with Crippen molar-refractivity contribution in [3.8, 4) is 11.1 Å². The number of nitrogens with zero attached hydrogens (tertiary/aromatic N) is 5. The highest BCUT2D eigenvalue weighted by Crippen LogP contribution is 2.37. The molecule has 10 heteroatoms. The van der Waals surface area contributed by atoms with E-state index in [9.17, 15) is 8.78 Å². The molecule has 7 nitrogen and oxygen atoms in total. The molecule has 0 spiro atoms. The third kappa shape index (κ3) is 3.45. The Morgan fingerprint density at radius 3 is 2.81 bits per heavy atom. The van der Waals surface area contributed by atoms with E-state index < -0.39 is 12.0 Å². The molecule has 0 radical (unpaired) electrons. The molecule has 4 aromatic rings. The lowest BCUT2D eigenvalue weighted by molar-refractivity contribution is 0.557. The van der Waals surface area contributed by atoms with Crippen LogP contribution in [0.4, 0.5) is 14.6 Å². The number of anilines is 1. The Hall–Kier alpha value is -2.99. The Bertz CT molecular complexity index is 1350. The number of aliphatic imine (C=N–C) groups is 1. The maximum absolute atomic E-state index is 14.0. The number of halogens is 3. The Morgan fingerprint density at radius 1 is 1.16 bits per heavy atom. The lowest BCUT2D eigenvalue weighted by Crippen LogP contribution is -2.20. The lowest BCUT2D eigenvalue weighted by atomic mass is 9.99.